The first-order chi connectivity index (χ1) is 7.86. The molecule has 4 heteroatoms. The summed E-state index contributed by atoms with van der Waals surface area (Å²) in [6.07, 6.45) is 0. The second kappa shape index (κ2) is 8.30. The van der Waals surface area contributed by atoms with Crippen LogP contribution in [0.3, 0.4) is 0 Å². The fourth-order valence-corrected chi connectivity index (χ4v) is 1.31. The number of rotatable bonds is 8. The standard InChI is InChI=1S/C12H18O3S/c1-2-14-11-3-5-12(6-4-11)15-8-7-13-9-10-16/h3-6,16H,2,7-10H2,1H3. The molecule has 0 radical (unpaired) electrons. The molecule has 0 atom stereocenters. The number of hydrogen-bond acceptors (Lipinski definition) is 4. The molecule has 1 aromatic rings. The third-order valence-electron chi connectivity index (χ3n) is 1.87. The monoisotopic (exact) mass is 242 g/mol. The maximum Gasteiger partial charge on any atom is 0.119 e. The molecule has 0 aliphatic carbocycles. The minimum absolute atomic E-state index is 0.557. The summed E-state index contributed by atoms with van der Waals surface area (Å²) in [4.78, 5) is 0. The van der Waals surface area contributed by atoms with Gasteiger partial charge < -0.3 is 14.2 Å². The van der Waals surface area contributed by atoms with Crippen LogP contribution in [0, 0.1) is 0 Å². The largest absolute Gasteiger partial charge is 0.494 e. The highest BCUT2D eigenvalue weighted by atomic mass is 32.1. The van der Waals surface area contributed by atoms with E-state index in [1.54, 1.807) is 0 Å². The molecule has 0 saturated heterocycles. The van der Waals surface area contributed by atoms with Gasteiger partial charge >= 0.3 is 0 Å². The Morgan fingerprint density at radius 2 is 1.56 bits per heavy atom. The minimum Gasteiger partial charge on any atom is -0.494 e. The van der Waals surface area contributed by atoms with Crippen molar-refractivity contribution in [3.8, 4) is 11.5 Å². The van der Waals surface area contributed by atoms with Crippen molar-refractivity contribution >= 4 is 12.6 Å². The van der Waals surface area contributed by atoms with Gasteiger partial charge in [-0.15, -0.1) is 0 Å². The van der Waals surface area contributed by atoms with E-state index in [0.29, 0.717) is 26.4 Å². The Labute approximate surface area is 102 Å². The van der Waals surface area contributed by atoms with Gasteiger partial charge in [0.25, 0.3) is 0 Å². The third-order valence-corrected chi connectivity index (χ3v) is 2.05. The fraction of sp³-hybridized carbons (Fsp3) is 0.500. The molecule has 16 heavy (non-hydrogen) atoms. The zero-order valence-electron chi connectivity index (χ0n) is 9.52. The third kappa shape index (κ3) is 5.28. The van der Waals surface area contributed by atoms with E-state index < -0.39 is 0 Å². The Hall–Kier alpha value is -0.870. The van der Waals surface area contributed by atoms with Crippen LogP contribution >= 0.6 is 12.6 Å². The maximum atomic E-state index is 5.48. The minimum atomic E-state index is 0.557. The van der Waals surface area contributed by atoms with Crippen LogP contribution in [-0.2, 0) is 4.74 Å². The van der Waals surface area contributed by atoms with Gasteiger partial charge in [0, 0.05) is 5.75 Å². The number of thiol groups is 1. The highest BCUT2D eigenvalue weighted by Gasteiger charge is 1.95. The predicted molar refractivity (Wildman–Crippen MR) is 67.8 cm³/mol. The van der Waals surface area contributed by atoms with Gasteiger partial charge in [-0.3, -0.25) is 0 Å². The molecule has 0 N–H and O–H groups in total. The van der Waals surface area contributed by atoms with E-state index in [1.165, 1.54) is 0 Å². The van der Waals surface area contributed by atoms with Gasteiger partial charge in [0.2, 0.25) is 0 Å². The summed E-state index contributed by atoms with van der Waals surface area (Å²) in [6, 6.07) is 7.58. The van der Waals surface area contributed by atoms with Gasteiger partial charge in [0.05, 0.1) is 19.8 Å². The first-order valence-electron chi connectivity index (χ1n) is 5.41. The van der Waals surface area contributed by atoms with Gasteiger partial charge in [-0.25, -0.2) is 0 Å². The van der Waals surface area contributed by atoms with Gasteiger partial charge in [0.15, 0.2) is 0 Å². The van der Waals surface area contributed by atoms with Crippen LogP contribution in [0.1, 0.15) is 6.92 Å². The molecular formula is C12H18O3S. The Morgan fingerprint density at radius 1 is 0.938 bits per heavy atom. The molecule has 0 saturated carbocycles. The van der Waals surface area contributed by atoms with E-state index in [-0.39, 0.29) is 0 Å². The molecule has 0 amide bonds. The van der Waals surface area contributed by atoms with E-state index >= 15 is 0 Å². The predicted octanol–water partition coefficient (Wildman–Crippen LogP) is 2.41. The van der Waals surface area contributed by atoms with Crippen molar-refractivity contribution < 1.29 is 14.2 Å². The summed E-state index contributed by atoms with van der Waals surface area (Å²) in [7, 11) is 0. The molecule has 0 aliphatic heterocycles. The van der Waals surface area contributed by atoms with E-state index in [1.807, 2.05) is 31.2 Å². The van der Waals surface area contributed by atoms with Crippen molar-refractivity contribution in [1.82, 2.24) is 0 Å². The van der Waals surface area contributed by atoms with Gasteiger partial charge in [-0.1, -0.05) is 0 Å². The lowest BCUT2D eigenvalue weighted by atomic mass is 10.3. The van der Waals surface area contributed by atoms with Gasteiger partial charge in [-0.05, 0) is 31.2 Å². The van der Waals surface area contributed by atoms with Crippen molar-refractivity contribution in [1.29, 1.82) is 0 Å². The molecular weight excluding hydrogens is 224 g/mol. The summed E-state index contributed by atoms with van der Waals surface area (Å²) in [5, 5.41) is 0. The molecule has 90 valence electrons. The molecule has 0 heterocycles. The maximum absolute atomic E-state index is 5.48. The zero-order valence-corrected chi connectivity index (χ0v) is 10.4. The van der Waals surface area contributed by atoms with E-state index in [0.717, 1.165) is 17.3 Å². The first kappa shape index (κ1) is 13.2. The molecule has 3 nitrogen and oxygen atoms in total. The van der Waals surface area contributed by atoms with Gasteiger partial charge in [-0.2, -0.15) is 12.6 Å². The zero-order chi connectivity index (χ0) is 11.6. The Balaban J connectivity index is 2.21. The van der Waals surface area contributed by atoms with Crippen LogP contribution in [0.15, 0.2) is 24.3 Å². The van der Waals surface area contributed by atoms with Crippen LogP contribution in [0.4, 0.5) is 0 Å². The molecule has 0 bridgehead atoms. The topological polar surface area (TPSA) is 27.7 Å². The van der Waals surface area contributed by atoms with Crippen LogP contribution < -0.4 is 9.47 Å². The highest BCUT2D eigenvalue weighted by molar-refractivity contribution is 7.80. The lowest BCUT2D eigenvalue weighted by molar-refractivity contribution is 0.112. The van der Waals surface area contributed by atoms with Crippen LogP contribution in [0.25, 0.3) is 0 Å². The Bertz CT molecular complexity index is 274. The normalized spacial score (nSPS) is 10.1. The smallest absolute Gasteiger partial charge is 0.119 e. The van der Waals surface area contributed by atoms with E-state index in [9.17, 15) is 0 Å². The van der Waals surface area contributed by atoms with E-state index in [2.05, 4.69) is 12.6 Å². The van der Waals surface area contributed by atoms with Crippen LogP contribution in [0.2, 0.25) is 0 Å². The van der Waals surface area contributed by atoms with Crippen LogP contribution in [-0.4, -0.2) is 32.2 Å². The summed E-state index contributed by atoms with van der Waals surface area (Å²) >= 11 is 4.04. The van der Waals surface area contributed by atoms with Crippen LogP contribution in [0.5, 0.6) is 11.5 Å². The van der Waals surface area contributed by atoms with Crippen molar-refractivity contribution in [3.63, 3.8) is 0 Å². The number of benzene rings is 1. The molecule has 0 aromatic heterocycles. The van der Waals surface area contributed by atoms with Crippen molar-refractivity contribution in [2.75, 3.05) is 32.2 Å². The summed E-state index contributed by atoms with van der Waals surface area (Å²) in [5.41, 5.74) is 0. The van der Waals surface area contributed by atoms with E-state index in [4.69, 9.17) is 14.2 Å². The second-order valence-corrected chi connectivity index (χ2v) is 3.54. The second-order valence-electron chi connectivity index (χ2n) is 3.09. The lowest BCUT2D eigenvalue weighted by Crippen LogP contribution is -2.07. The molecule has 0 fully saturated rings. The molecule has 1 aromatic carbocycles. The van der Waals surface area contributed by atoms with Crippen molar-refractivity contribution in [2.45, 2.75) is 6.92 Å². The highest BCUT2D eigenvalue weighted by Crippen LogP contribution is 2.17. The Morgan fingerprint density at radius 3 is 2.12 bits per heavy atom. The summed E-state index contributed by atoms with van der Waals surface area (Å²) in [6.45, 7) is 4.45. The van der Waals surface area contributed by atoms with Gasteiger partial charge in [0.1, 0.15) is 18.1 Å². The number of hydrogen-bond donors (Lipinski definition) is 1. The summed E-state index contributed by atoms with van der Waals surface area (Å²) < 4.78 is 16.1. The van der Waals surface area contributed by atoms with Crippen molar-refractivity contribution in [3.05, 3.63) is 24.3 Å². The molecule has 0 spiro atoms. The fourth-order valence-electron chi connectivity index (χ4n) is 1.18. The molecule has 0 unspecified atom stereocenters. The summed E-state index contributed by atoms with van der Waals surface area (Å²) in [5.74, 6) is 2.43. The lowest BCUT2D eigenvalue weighted by Gasteiger charge is -2.07. The quantitative estimate of drug-likeness (QED) is 0.560. The Kier molecular flexibility index (Phi) is 6.85. The average molecular weight is 242 g/mol. The first-order valence-corrected chi connectivity index (χ1v) is 6.04. The van der Waals surface area contributed by atoms with Crippen molar-refractivity contribution in [2.24, 2.45) is 0 Å². The number of ether oxygens (including phenoxy) is 3. The molecule has 0 aliphatic rings. The average Bonchev–Trinajstić information content (AvgIpc) is 2.31. The SMILES string of the molecule is CCOc1ccc(OCCOCCS)cc1. The molecule has 1 rings (SSSR count).